The quantitative estimate of drug-likeness (QED) is 0.183. The highest BCUT2D eigenvalue weighted by Gasteiger charge is 2.22. The fraction of sp³-hybridized carbons (Fsp3) is 0.440. The summed E-state index contributed by atoms with van der Waals surface area (Å²) in [4.78, 5) is 31.6. The van der Waals surface area contributed by atoms with Crippen LogP contribution in [0.15, 0.2) is 46.3 Å². The molecule has 0 spiro atoms. The van der Waals surface area contributed by atoms with Crippen molar-refractivity contribution in [3.63, 3.8) is 0 Å². The van der Waals surface area contributed by atoms with Gasteiger partial charge < -0.3 is 9.47 Å². The summed E-state index contributed by atoms with van der Waals surface area (Å²) in [5.74, 6) is 0.974. The number of rotatable bonds is 9. The molecule has 0 fully saturated rings. The van der Waals surface area contributed by atoms with Gasteiger partial charge in [-0.05, 0) is 39.8 Å². The number of non-ortho nitro benzene ring substituents is 1. The number of aromatic nitrogens is 2. The van der Waals surface area contributed by atoms with Gasteiger partial charge in [-0.3, -0.25) is 24.4 Å². The molecule has 0 bridgehead atoms. The number of thioether (sulfide) groups is 1. The highest BCUT2D eigenvalue weighted by Crippen LogP contribution is 2.36. The van der Waals surface area contributed by atoms with E-state index in [0.717, 1.165) is 0 Å². The minimum absolute atomic E-state index is 0.0122. The van der Waals surface area contributed by atoms with Crippen molar-refractivity contribution in [3.8, 4) is 5.75 Å². The first kappa shape index (κ1) is 25.2. The Kier molecular flexibility index (Phi) is 7.73. The molecule has 0 saturated carbocycles. The summed E-state index contributed by atoms with van der Waals surface area (Å²) in [5.41, 5.74) is 1.86. The molecule has 10 heteroatoms. The first-order valence-corrected chi connectivity index (χ1v) is 12.6. The molecule has 0 saturated heterocycles. The number of nitrogens with zero attached hydrogens (tertiary/aromatic N) is 4. The average Bonchev–Trinajstić information content (AvgIpc) is 2.83. The van der Waals surface area contributed by atoms with E-state index in [1.807, 2.05) is 18.2 Å². The lowest BCUT2D eigenvalue weighted by Gasteiger charge is -2.30. The fourth-order valence-corrected chi connectivity index (χ4v) is 5.41. The van der Waals surface area contributed by atoms with Crippen LogP contribution in [0, 0.1) is 10.1 Å². The van der Waals surface area contributed by atoms with E-state index in [-0.39, 0.29) is 24.6 Å². The molecular formula is C25H30N4O5S. The third-order valence-electron chi connectivity index (χ3n) is 6.07. The molecule has 0 N–H and O–H groups in total. The van der Waals surface area contributed by atoms with Gasteiger partial charge in [0.05, 0.1) is 22.4 Å². The molecule has 0 radical (unpaired) electrons. The van der Waals surface area contributed by atoms with Crippen LogP contribution in [0.25, 0.3) is 10.9 Å². The zero-order valence-electron chi connectivity index (χ0n) is 20.4. The van der Waals surface area contributed by atoms with E-state index < -0.39 is 4.92 Å². The van der Waals surface area contributed by atoms with Gasteiger partial charge in [0.2, 0.25) is 0 Å². The molecule has 186 valence electrons. The lowest BCUT2D eigenvalue weighted by Crippen LogP contribution is -2.40. The number of hydrogen-bond donors (Lipinski definition) is 0. The second-order valence-electron chi connectivity index (χ2n) is 9.04. The number of ether oxygens (including phenoxy) is 2. The molecule has 1 aromatic heterocycles. The summed E-state index contributed by atoms with van der Waals surface area (Å²) in [7, 11) is 0. The first-order chi connectivity index (χ1) is 16.8. The number of nitro benzene ring substituents is 1. The molecule has 0 atom stereocenters. The van der Waals surface area contributed by atoms with Gasteiger partial charge in [-0.1, -0.05) is 23.9 Å². The van der Waals surface area contributed by atoms with Crippen molar-refractivity contribution in [3.05, 3.63) is 68.0 Å². The standard InChI is InChI=1S/C25H30N4O5S/c1-16(2)27(17(3)4)9-10-28-24(30)21-7-5-6-8-22(21)26-25(28)35-14-19-12-20(29(31)32)11-18-13-33-15-34-23(18)19/h5-8,11-12,16-17H,9-10,13-15H2,1-4H3. The topological polar surface area (TPSA) is 99.7 Å². The van der Waals surface area contributed by atoms with Gasteiger partial charge >= 0.3 is 0 Å². The van der Waals surface area contributed by atoms with E-state index in [9.17, 15) is 14.9 Å². The maximum atomic E-state index is 13.4. The van der Waals surface area contributed by atoms with Gasteiger partial charge in [0.15, 0.2) is 11.9 Å². The lowest BCUT2D eigenvalue weighted by molar-refractivity contribution is -0.385. The van der Waals surface area contributed by atoms with Crippen molar-refractivity contribution >= 4 is 28.4 Å². The smallest absolute Gasteiger partial charge is 0.270 e. The number of nitro groups is 1. The average molecular weight is 499 g/mol. The molecule has 3 aromatic rings. The summed E-state index contributed by atoms with van der Waals surface area (Å²) < 4.78 is 12.7. The minimum Gasteiger partial charge on any atom is -0.467 e. The molecule has 35 heavy (non-hydrogen) atoms. The van der Waals surface area contributed by atoms with Crippen LogP contribution in [0.2, 0.25) is 0 Å². The Bertz CT molecular complexity index is 1280. The second kappa shape index (κ2) is 10.8. The molecule has 9 nitrogen and oxygen atoms in total. The minimum atomic E-state index is -0.417. The molecule has 2 aromatic carbocycles. The van der Waals surface area contributed by atoms with Crippen molar-refractivity contribution in [2.75, 3.05) is 13.3 Å². The monoisotopic (exact) mass is 498 g/mol. The molecular weight excluding hydrogens is 468 g/mol. The second-order valence-corrected chi connectivity index (χ2v) is 9.99. The van der Waals surface area contributed by atoms with E-state index in [1.165, 1.54) is 23.9 Å². The highest BCUT2D eigenvalue weighted by molar-refractivity contribution is 7.98. The Hall–Kier alpha value is -2.95. The van der Waals surface area contributed by atoms with Gasteiger partial charge in [-0.2, -0.15) is 0 Å². The summed E-state index contributed by atoms with van der Waals surface area (Å²) in [6.07, 6.45) is 0. The molecule has 0 aliphatic carbocycles. The first-order valence-electron chi connectivity index (χ1n) is 11.6. The number of benzene rings is 2. The van der Waals surface area contributed by atoms with Gasteiger partial charge in [0, 0.05) is 54.2 Å². The SMILES string of the molecule is CC(C)N(CCn1c(SCc2cc([N+](=O)[O-])cc3c2OCOC3)nc2ccccc2c1=O)C(C)C. The summed E-state index contributed by atoms with van der Waals surface area (Å²) in [5, 5.41) is 12.6. The largest absolute Gasteiger partial charge is 0.467 e. The van der Waals surface area contributed by atoms with Crippen LogP contribution < -0.4 is 10.3 Å². The summed E-state index contributed by atoms with van der Waals surface area (Å²) in [6.45, 7) is 10.1. The zero-order chi connectivity index (χ0) is 25.1. The van der Waals surface area contributed by atoms with Gasteiger partial charge in [0.1, 0.15) is 5.75 Å². The van der Waals surface area contributed by atoms with Crippen LogP contribution >= 0.6 is 11.8 Å². The molecule has 1 aliphatic heterocycles. The molecule has 4 rings (SSSR count). The van der Waals surface area contributed by atoms with E-state index in [2.05, 4.69) is 32.6 Å². The van der Waals surface area contributed by atoms with Crippen molar-refractivity contribution in [1.29, 1.82) is 0 Å². The van der Waals surface area contributed by atoms with Crippen LogP contribution in [0.5, 0.6) is 5.75 Å². The van der Waals surface area contributed by atoms with E-state index in [1.54, 1.807) is 10.6 Å². The Morgan fingerprint density at radius 2 is 1.94 bits per heavy atom. The van der Waals surface area contributed by atoms with Crippen LogP contribution in [-0.2, 0) is 23.6 Å². The van der Waals surface area contributed by atoms with Crippen LogP contribution in [0.3, 0.4) is 0 Å². The fourth-order valence-electron chi connectivity index (χ4n) is 4.42. The predicted molar refractivity (Wildman–Crippen MR) is 136 cm³/mol. The number of fused-ring (bicyclic) bond motifs is 2. The van der Waals surface area contributed by atoms with Crippen molar-refractivity contribution < 1.29 is 14.4 Å². The Morgan fingerprint density at radius 3 is 2.66 bits per heavy atom. The molecule has 1 aliphatic rings. The summed E-state index contributed by atoms with van der Waals surface area (Å²) >= 11 is 1.38. The van der Waals surface area contributed by atoms with Crippen LogP contribution in [0.4, 0.5) is 5.69 Å². The Labute approximate surface area is 208 Å². The van der Waals surface area contributed by atoms with E-state index in [0.29, 0.717) is 63.9 Å². The normalized spacial score (nSPS) is 13.5. The summed E-state index contributed by atoms with van der Waals surface area (Å²) in [6, 6.07) is 11.0. The highest BCUT2D eigenvalue weighted by atomic mass is 32.2. The van der Waals surface area contributed by atoms with Crippen molar-refractivity contribution in [1.82, 2.24) is 14.5 Å². The number of hydrogen-bond acceptors (Lipinski definition) is 8. The Morgan fingerprint density at radius 1 is 1.20 bits per heavy atom. The zero-order valence-corrected chi connectivity index (χ0v) is 21.2. The number of para-hydroxylation sites is 1. The van der Waals surface area contributed by atoms with Crippen LogP contribution in [0.1, 0.15) is 38.8 Å². The maximum absolute atomic E-state index is 13.4. The predicted octanol–water partition coefficient (Wildman–Crippen LogP) is 4.58. The van der Waals surface area contributed by atoms with Crippen molar-refractivity contribution in [2.45, 2.75) is 63.8 Å². The third-order valence-corrected chi connectivity index (χ3v) is 7.10. The molecule has 2 heterocycles. The van der Waals surface area contributed by atoms with Gasteiger partial charge in [0.25, 0.3) is 11.2 Å². The van der Waals surface area contributed by atoms with Crippen molar-refractivity contribution in [2.24, 2.45) is 0 Å². The van der Waals surface area contributed by atoms with Gasteiger partial charge in [-0.15, -0.1) is 0 Å². The Balaban J connectivity index is 1.70. The molecule has 0 amide bonds. The van der Waals surface area contributed by atoms with Gasteiger partial charge in [-0.25, -0.2) is 4.98 Å². The van der Waals surface area contributed by atoms with Crippen LogP contribution in [-0.4, -0.2) is 44.8 Å². The van der Waals surface area contributed by atoms with E-state index >= 15 is 0 Å². The maximum Gasteiger partial charge on any atom is 0.270 e. The lowest BCUT2D eigenvalue weighted by atomic mass is 10.1. The van der Waals surface area contributed by atoms with E-state index in [4.69, 9.17) is 14.5 Å². The third kappa shape index (κ3) is 5.50. The molecule has 0 unspecified atom stereocenters.